The Morgan fingerprint density at radius 1 is 0.562 bits per heavy atom. The van der Waals surface area contributed by atoms with Gasteiger partial charge in [0.2, 0.25) is 0 Å². The maximum absolute atomic E-state index is 12.8. The molecule has 0 unspecified atom stereocenters. The largest absolute Gasteiger partial charge is 0.444 e. The number of carbonyl (C=O) groups excluding carboxylic acids is 2. The molecule has 0 bridgehead atoms. The van der Waals surface area contributed by atoms with Crippen LogP contribution in [0, 0.1) is 0 Å². The first-order valence-electron chi connectivity index (χ1n) is 16.4. The van der Waals surface area contributed by atoms with Crippen molar-refractivity contribution in [3.63, 3.8) is 0 Å². The van der Waals surface area contributed by atoms with Crippen LogP contribution in [-0.2, 0) is 35.4 Å². The van der Waals surface area contributed by atoms with Crippen molar-refractivity contribution < 1.29 is 19.1 Å². The Labute approximate surface area is 293 Å². The minimum atomic E-state index is -0.547. The van der Waals surface area contributed by atoms with Gasteiger partial charge in [0.15, 0.2) is 0 Å². The van der Waals surface area contributed by atoms with Crippen LogP contribution >= 0.6 is 23.2 Å². The maximum atomic E-state index is 12.8. The molecule has 0 aliphatic carbocycles. The van der Waals surface area contributed by atoms with Gasteiger partial charge in [-0.2, -0.15) is 0 Å². The summed E-state index contributed by atoms with van der Waals surface area (Å²) in [5.74, 6) is 0. The first-order chi connectivity index (χ1) is 22.7. The molecule has 0 spiro atoms. The second-order valence-corrected chi connectivity index (χ2v) is 15.4. The molecule has 6 nitrogen and oxygen atoms in total. The van der Waals surface area contributed by atoms with Crippen molar-refractivity contribution in [2.45, 2.75) is 78.7 Å². The zero-order chi connectivity index (χ0) is 34.4. The number of rotatable bonds is 3. The van der Waals surface area contributed by atoms with Gasteiger partial charge in [0.05, 0.1) is 10.0 Å². The number of benzene rings is 4. The van der Waals surface area contributed by atoms with E-state index in [2.05, 4.69) is 36.4 Å². The predicted octanol–water partition coefficient (Wildman–Crippen LogP) is 10.6. The number of ether oxygens (including phenoxy) is 2. The fraction of sp³-hybridized carbons (Fsp3) is 0.350. The van der Waals surface area contributed by atoms with Gasteiger partial charge >= 0.3 is 12.2 Å². The average Bonchev–Trinajstić information content (AvgIpc) is 3.02. The fourth-order valence-corrected chi connectivity index (χ4v) is 7.01. The SMILES string of the molecule is CC(C)(C)OC(=O)N1CCc2ccc(-c3cccc(-c4cccc(-c5ccc6c(c5)CN(C(=O)OC(C)(C)C)CC6)c4Cl)c3Cl)cc2C1. The van der Waals surface area contributed by atoms with E-state index in [0.717, 1.165) is 57.3 Å². The molecular formula is C40H42Cl2N2O4. The molecular weight excluding hydrogens is 643 g/mol. The Hall–Kier alpha value is -4.00. The van der Waals surface area contributed by atoms with Gasteiger partial charge in [-0.15, -0.1) is 0 Å². The molecule has 4 aromatic rings. The predicted molar refractivity (Wildman–Crippen MR) is 193 cm³/mol. The Kier molecular flexibility index (Phi) is 9.27. The van der Waals surface area contributed by atoms with Gasteiger partial charge < -0.3 is 19.3 Å². The highest BCUT2D eigenvalue weighted by Gasteiger charge is 2.28. The van der Waals surface area contributed by atoms with Gasteiger partial charge in [0.1, 0.15) is 11.2 Å². The van der Waals surface area contributed by atoms with Crippen molar-refractivity contribution in [3.05, 3.63) is 105 Å². The Morgan fingerprint density at radius 2 is 0.938 bits per heavy atom. The third-order valence-corrected chi connectivity index (χ3v) is 9.46. The van der Waals surface area contributed by atoms with Gasteiger partial charge in [0, 0.05) is 48.4 Å². The molecule has 0 saturated heterocycles. The van der Waals surface area contributed by atoms with Gasteiger partial charge in [-0.3, -0.25) is 0 Å². The van der Waals surface area contributed by atoms with Crippen LogP contribution in [0.1, 0.15) is 63.8 Å². The number of halogens is 2. The Morgan fingerprint density at radius 3 is 1.31 bits per heavy atom. The van der Waals surface area contributed by atoms with Crippen LogP contribution in [0.2, 0.25) is 10.0 Å². The summed E-state index contributed by atoms with van der Waals surface area (Å²) in [7, 11) is 0. The number of carbonyl (C=O) groups is 2. The molecule has 2 amide bonds. The van der Waals surface area contributed by atoms with Gasteiger partial charge in [-0.05, 0) is 99.9 Å². The van der Waals surface area contributed by atoms with Crippen LogP contribution < -0.4 is 0 Å². The van der Waals surface area contributed by atoms with Crippen LogP contribution in [0.4, 0.5) is 9.59 Å². The molecule has 48 heavy (non-hydrogen) atoms. The summed E-state index contributed by atoms with van der Waals surface area (Å²) in [4.78, 5) is 29.1. The minimum Gasteiger partial charge on any atom is -0.444 e. The zero-order valence-corrected chi connectivity index (χ0v) is 30.0. The minimum absolute atomic E-state index is 0.299. The molecule has 4 aromatic carbocycles. The number of nitrogens with zero attached hydrogens (tertiary/aromatic N) is 2. The van der Waals surface area contributed by atoms with Crippen molar-refractivity contribution in [3.8, 4) is 33.4 Å². The molecule has 0 N–H and O–H groups in total. The molecule has 2 aliphatic heterocycles. The maximum Gasteiger partial charge on any atom is 0.410 e. The van der Waals surface area contributed by atoms with Crippen LogP contribution in [0.25, 0.3) is 33.4 Å². The first-order valence-corrected chi connectivity index (χ1v) is 17.2. The highest BCUT2D eigenvalue weighted by molar-refractivity contribution is 6.39. The quantitative estimate of drug-likeness (QED) is 0.215. The van der Waals surface area contributed by atoms with Crippen LogP contribution in [0.15, 0.2) is 72.8 Å². The van der Waals surface area contributed by atoms with E-state index in [4.69, 9.17) is 32.7 Å². The third-order valence-electron chi connectivity index (χ3n) is 8.65. The molecule has 2 heterocycles. The van der Waals surface area contributed by atoms with E-state index >= 15 is 0 Å². The zero-order valence-electron chi connectivity index (χ0n) is 28.5. The van der Waals surface area contributed by atoms with E-state index < -0.39 is 11.2 Å². The molecule has 2 aliphatic rings. The molecule has 250 valence electrons. The van der Waals surface area contributed by atoms with Gasteiger partial charge in [0.25, 0.3) is 0 Å². The average molecular weight is 686 g/mol. The standard InChI is InChI=1S/C40H42Cl2N2O4/c1-39(2,3)47-37(45)43-19-17-25-13-15-27(21-29(25)23-43)31-9-7-11-33(35(31)41)34-12-8-10-32(36(34)42)28-16-14-26-18-20-44(24-30(26)22-28)38(46)48-40(4,5)6/h7-16,21-22H,17-20,23-24H2,1-6H3. The molecule has 0 fully saturated rings. The third kappa shape index (κ3) is 7.35. The lowest BCUT2D eigenvalue weighted by molar-refractivity contribution is 0.0214. The summed E-state index contributed by atoms with van der Waals surface area (Å²) in [6.07, 6.45) is 0.944. The molecule has 0 atom stereocenters. The summed E-state index contributed by atoms with van der Waals surface area (Å²) in [6, 6.07) is 24.7. The summed E-state index contributed by atoms with van der Waals surface area (Å²) in [5, 5.41) is 1.21. The van der Waals surface area contributed by atoms with E-state index in [-0.39, 0.29) is 12.2 Å². The smallest absolute Gasteiger partial charge is 0.410 e. The number of fused-ring (bicyclic) bond motifs is 2. The van der Waals surface area contributed by atoms with Crippen molar-refractivity contribution in [2.24, 2.45) is 0 Å². The second-order valence-electron chi connectivity index (χ2n) is 14.6. The highest BCUT2D eigenvalue weighted by Crippen LogP contribution is 2.43. The van der Waals surface area contributed by atoms with E-state index in [0.29, 0.717) is 36.2 Å². The summed E-state index contributed by atoms with van der Waals surface area (Å²) in [5.41, 5.74) is 8.93. The Balaban J connectivity index is 1.28. The molecule has 8 heteroatoms. The fourth-order valence-electron chi connectivity index (χ4n) is 6.34. The van der Waals surface area contributed by atoms with Crippen molar-refractivity contribution in [2.75, 3.05) is 13.1 Å². The number of amides is 2. The first kappa shape index (κ1) is 33.9. The molecule has 0 aromatic heterocycles. The van der Waals surface area contributed by atoms with Crippen LogP contribution in [0.5, 0.6) is 0 Å². The van der Waals surface area contributed by atoms with Crippen molar-refractivity contribution in [1.29, 1.82) is 0 Å². The Bertz CT molecular complexity index is 1750. The number of hydrogen-bond donors (Lipinski definition) is 0. The molecule has 0 saturated carbocycles. The lowest BCUT2D eigenvalue weighted by atomic mass is 9.91. The normalized spacial score (nSPS) is 14.7. The van der Waals surface area contributed by atoms with Crippen molar-refractivity contribution >= 4 is 35.4 Å². The van der Waals surface area contributed by atoms with Gasteiger partial charge in [-0.25, -0.2) is 9.59 Å². The van der Waals surface area contributed by atoms with E-state index in [1.165, 1.54) is 11.1 Å². The monoisotopic (exact) mass is 684 g/mol. The summed E-state index contributed by atoms with van der Waals surface area (Å²) < 4.78 is 11.3. The van der Waals surface area contributed by atoms with Gasteiger partial charge in [-0.1, -0.05) is 83.9 Å². The highest BCUT2D eigenvalue weighted by atomic mass is 35.5. The van der Waals surface area contributed by atoms with Crippen molar-refractivity contribution in [1.82, 2.24) is 9.80 Å². The lowest BCUT2D eigenvalue weighted by Crippen LogP contribution is -2.39. The van der Waals surface area contributed by atoms with E-state index in [1.54, 1.807) is 9.80 Å². The van der Waals surface area contributed by atoms with Crippen LogP contribution in [-0.4, -0.2) is 46.3 Å². The second kappa shape index (κ2) is 13.1. The van der Waals surface area contributed by atoms with E-state index in [1.807, 2.05) is 77.9 Å². The lowest BCUT2D eigenvalue weighted by Gasteiger charge is -2.31. The molecule has 6 rings (SSSR count). The molecule has 0 radical (unpaired) electrons. The topological polar surface area (TPSA) is 59.1 Å². The van der Waals surface area contributed by atoms with Crippen LogP contribution in [0.3, 0.4) is 0 Å². The van der Waals surface area contributed by atoms with E-state index in [9.17, 15) is 9.59 Å². The number of hydrogen-bond acceptors (Lipinski definition) is 4. The summed E-state index contributed by atoms with van der Waals surface area (Å²) >= 11 is 14.4. The summed E-state index contributed by atoms with van der Waals surface area (Å²) in [6.45, 7) is 13.5.